The van der Waals surface area contributed by atoms with Crippen LogP contribution in [0.1, 0.15) is 29.8 Å². The first kappa shape index (κ1) is 11.7. The molecule has 0 saturated carbocycles. The van der Waals surface area contributed by atoms with Crippen molar-refractivity contribution in [3.8, 4) is 0 Å². The van der Waals surface area contributed by atoms with Crippen LogP contribution < -0.4 is 0 Å². The Hall–Kier alpha value is -1.35. The van der Waals surface area contributed by atoms with Gasteiger partial charge in [-0.15, -0.1) is 0 Å². The van der Waals surface area contributed by atoms with Gasteiger partial charge in [-0.1, -0.05) is 30.7 Å². The van der Waals surface area contributed by atoms with Gasteiger partial charge in [-0.05, 0) is 18.1 Å². The lowest BCUT2D eigenvalue weighted by molar-refractivity contribution is -0.135. The summed E-state index contributed by atoms with van der Waals surface area (Å²) in [6.07, 6.45) is 0.722. The number of ether oxygens (including phenoxy) is 1. The summed E-state index contributed by atoms with van der Waals surface area (Å²) >= 11 is 5.98. The van der Waals surface area contributed by atoms with Crippen LogP contribution in [0.15, 0.2) is 18.2 Å². The molecular weight excluding hydrogens is 216 g/mol. The third kappa shape index (κ3) is 2.80. The summed E-state index contributed by atoms with van der Waals surface area (Å²) in [6.45, 7) is 3.11. The molecule has 1 rings (SSSR count). The van der Waals surface area contributed by atoms with Crippen LogP contribution in [0.25, 0.3) is 0 Å². The van der Waals surface area contributed by atoms with Gasteiger partial charge >= 0.3 is 11.9 Å². The summed E-state index contributed by atoms with van der Waals surface area (Å²) in [6, 6.07) is 5.07. The van der Waals surface area contributed by atoms with Gasteiger partial charge in [0.05, 0.1) is 10.6 Å². The SMILES string of the molecule is CCc1cccc(C(=O)OC(C)=O)c1Cl. The average molecular weight is 227 g/mol. The van der Waals surface area contributed by atoms with E-state index in [-0.39, 0.29) is 5.56 Å². The molecule has 15 heavy (non-hydrogen) atoms. The fourth-order valence-corrected chi connectivity index (χ4v) is 1.53. The molecule has 0 saturated heterocycles. The average Bonchev–Trinajstić information content (AvgIpc) is 2.17. The molecular formula is C11H11ClO3. The monoisotopic (exact) mass is 226 g/mol. The molecule has 1 aromatic carbocycles. The normalized spacial score (nSPS) is 9.80. The fraction of sp³-hybridized carbons (Fsp3) is 0.273. The highest BCUT2D eigenvalue weighted by atomic mass is 35.5. The second kappa shape index (κ2) is 4.94. The van der Waals surface area contributed by atoms with Gasteiger partial charge in [0.1, 0.15) is 0 Å². The van der Waals surface area contributed by atoms with Gasteiger partial charge in [0.15, 0.2) is 0 Å². The number of hydrogen-bond acceptors (Lipinski definition) is 3. The van der Waals surface area contributed by atoms with Gasteiger partial charge in [-0.3, -0.25) is 4.79 Å². The van der Waals surface area contributed by atoms with Gasteiger partial charge in [0.2, 0.25) is 0 Å². The van der Waals surface area contributed by atoms with E-state index in [0.29, 0.717) is 5.02 Å². The molecule has 0 N–H and O–H groups in total. The molecule has 0 aliphatic carbocycles. The molecule has 0 aliphatic rings. The molecule has 0 radical (unpaired) electrons. The predicted molar refractivity (Wildman–Crippen MR) is 56.9 cm³/mol. The van der Waals surface area contributed by atoms with E-state index in [4.69, 9.17) is 11.6 Å². The van der Waals surface area contributed by atoms with Crippen molar-refractivity contribution >= 4 is 23.5 Å². The first-order valence-corrected chi connectivity index (χ1v) is 4.94. The number of rotatable bonds is 2. The molecule has 0 atom stereocenters. The van der Waals surface area contributed by atoms with Crippen molar-refractivity contribution in [1.29, 1.82) is 0 Å². The maximum absolute atomic E-state index is 11.4. The van der Waals surface area contributed by atoms with Gasteiger partial charge in [0, 0.05) is 6.92 Å². The summed E-state index contributed by atoms with van der Waals surface area (Å²) in [7, 11) is 0. The maximum atomic E-state index is 11.4. The third-order valence-corrected chi connectivity index (χ3v) is 2.36. The highest BCUT2D eigenvalue weighted by Crippen LogP contribution is 2.22. The molecule has 4 heteroatoms. The van der Waals surface area contributed by atoms with E-state index in [1.54, 1.807) is 6.07 Å². The molecule has 0 unspecified atom stereocenters. The van der Waals surface area contributed by atoms with Crippen molar-refractivity contribution in [3.63, 3.8) is 0 Å². The number of carbonyl (C=O) groups excluding carboxylic acids is 2. The molecule has 0 aliphatic heterocycles. The minimum absolute atomic E-state index is 0.228. The van der Waals surface area contributed by atoms with E-state index in [2.05, 4.69) is 4.74 Å². The van der Waals surface area contributed by atoms with E-state index >= 15 is 0 Å². The fourth-order valence-electron chi connectivity index (χ4n) is 1.20. The summed E-state index contributed by atoms with van der Waals surface area (Å²) < 4.78 is 4.45. The largest absolute Gasteiger partial charge is 0.390 e. The summed E-state index contributed by atoms with van der Waals surface area (Å²) in [5.41, 5.74) is 1.08. The molecule has 80 valence electrons. The number of halogens is 1. The first-order chi connectivity index (χ1) is 7.06. The van der Waals surface area contributed by atoms with Crippen LogP contribution in [-0.4, -0.2) is 11.9 Å². The van der Waals surface area contributed by atoms with E-state index in [1.807, 2.05) is 13.0 Å². The molecule has 3 nitrogen and oxygen atoms in total. The van der Waals surface area contributed by atoms with E-state index in [1.165, 1.54) is 13.0 Å². The smallest absolute Gasteiger partial charge is 0.347 e. The standard InChI is InChI=1S/C11H11ClO3/c1-3-8-5-4-6-9(10(8)12)11(14)15-7(2)13/h4-6H,3H2,1-2H3. The van der Waals surface area contributed by atoms with Gasteiger partial charge in [-0.2, -0.15) is 0 Å². The van der Waals surface area contributed by atoms with Crippen molar-refractivity contribution in [2.24, 2.45) is 0 Å². The Morgan fingerprint density at radius 1 is 1.40 bits per heavy atom. The van der Waals surface area contributed by atoms with Crippen LogP contribution in [0.3, 0.4) is 0 Å². The highest BCUT2D eigenvalue weighted by molar-refractivity contribution is 6.34. The Bertz CT molecular complexity index is 399. The van der Waals surface area contributed by atoms with E-state index in [9.17, 15) is 9.59 Å². The summed E-state index contributed by atoms with van der Waals surface area (Å²) in [4.78, 5) is 22.0. The molecule has 0 fully saturated rings. The topological polar surface area (TPSA) is 43.4 Å². The number of hydrogen-bond donors (Lipinski definition) is 0. The summed E-state index contributed by atoms with van der Waals surface area (Å²) in [5.74, 6) is -1.35. The zero-order valence-electron chi connectivity index (χ0n) is 8.54. The lowest BCUT2D eigenvalue weighted by Gasteiger charge is -2.06. The maximum Gasteiger partial charge on any atom is 0.347 e. The summed E-state index contributed by atoms with van der Waals surface area (Å²) in [5, 5.41) is 0.353. The lowest BCUT2D eigenvalue weighted by Crippen LogP contribution is -2.10. The van der Waals surface area contributed by atoms with Crippen molar-refractivity contribution in [1.82, 2.24) is 0 Å². The van der Waals surface area contributed by atoms with E-state index in [0.717, 1.165) is 12.0 Å². The van der Waals surface area contributed by atoms with E-state index < -0.39 is 11.9 Å². The number of esters is 2. The Morgan fingerprint density at radius 3 is 2.60 bits per heavy atom. The predicted octanol–water partition coefficient (Wildman–Crippen LogP) is 2.61. The van der Waals surface area contributed by atoms with Gasteiger partial charge in [0.25, 0.3) is 0 Å². The number of aryl methyl sites for hydroxylation is 1. The quantitative estimate of drug-likeness (QED) is 0.575. The van der Waals surface area contributed by atoms with Crippen LogP contribution >= 0.6 is 11.6 Å². The second-order valence-corrected chi connectivity index (χ2v) is 3.39. The molecule has 0 heterocycles. The van der Waals surface area contributed by atoms with Gasteiger partial charge < -0.3 is 4.74 Å². The van der Waals surface area contributed by atoms with Crippen LogP contribution in [0.2, 0.25) is 5.02 Å². The molecule has 0 bridgehead atoms. The Kier molecular flexibility index (Phi) is 3.86. The van der Waals surface area contributed by atoms with Crippen molar-refractivity contribution in [2.75, 3.05) is 0 Å². The van der Waals surface area contributed by atoms with Crippen LogP contribution in [0, 0.1) is 0 Å². The number of benzene rings is 1. The number of carbonyl (C=O) groups is 2. The van der Waals surface area contributed by atoms with Crippen molar-refractivity contribution in [3.05, 3.63) is 34.3 Å². The molecule has 1 aromatic rings. The molecule has 0 aromatic heterocycles. The Morgan fingerprint density at radius 2 is 2.07 bits per heavy atom. The molecule has 0 amide bonds. The Labute approximate surface area is 93.0 Å². The van der Waals surface area contributed by atoms with Crippen LogP contribution in [0.5, 0.6) is 0 Å². The highest BCUT2D eigenvalue weighted by Gasteiger charge is 2.15. The van der Waals surface area contributed by atoms with Gasteiger partial charge in [-0.25, -0.2) is 4.79 Å². The lowest BCUT2D eigenvalue weighted by atomic mass is 10.1. The minimum Gasteiger partial charge on any atom is -0.390 e. The second-order valence-electron chi connectivity index (χ2n) is 3.01. The zero-order chi connectivity index (χ0) is 11.4. The first-order valence-electron chi connectivity index (χ1n) is 4.56. The van der Waals surface area contributed by atoms with Crippen LogP contribution in [-0.2, 0) is 16.0 Å². The van der Waals surface area contributed by atoms with Crippen LogP contribution in [0.4, 0.5) is 0 Å². The van der Waals surface area contributed by atoms with Crippen molar-refractivity contribution < 1.29 is 14.3 Å². The zero-order valence-corrected chi connectivity index (χ0v) is 9.30. The Balaban J connectivity index is 3.04. The van der Waals surface area contributed by atoms with Crippen molar-refractivity contribution in [2.45, 2.75) is 20.3 Å². The molecule has 0 spiro atoms. The third-order valence-electron chi connectivity index (χ3n) is 1.92. The minimum atomic E-state index is -0.706.